The van der Waals surface area contributed by atoms with E-state index in [1.54, 1.807) is 30.2 Å². The van der Waals surface area contributed by atoms with E-state index in [0.29, 0.717) is 6.54 Å². The van der Waals surface area contributed by atoms with E-state index in [-0.39, 0.29) is 5.91 Å². The Morgan fingerprint density at radius 3 is 3.00 bits per heavy atom. The van der Waals surface area contributed by atoms with E-state index in [9.17, 15) is 4.79 Å². The smallest absolute Gasteiger partial charge is 0.219 e. The lowest BCUT2D eigenvalue weighted by atomic mass is 10.1. The van der Waals surface area contributed by atoms with E-state index >= 15 is 0 Å². The number of amides is 1. The zero-order valence-corrected chi connectivity index (χ0v) is 12.2. The van der Waals surface area contributed by atoms with Crippen molar-refractivity contribution in [1.82, 2.24) is 14.9 Å². The maximum absolute atomic E-state index is 11.3. The highest BCUT2D eigenvalue weighted by molar-refractivity contribution is 7.09. The minimum atomic E-state index is 0.0499. The molecule has 3 aromatic rings. The van der Waals surface area contributed by atoms with Crippen molar-refractivity contribution in [3.63, 3.8) is 0 Å². The number of para-hydroxylation sites is 1. The number of benzene rings is 1. The third kappa shape index (κ3) is 2.32. The van der Waals surface area contributed by atoms with Crippen molar-refractivity contribution in [3.05, 3.63) is 40.8 Å². The fourth-order valence-corrected chi connectivity index (χ4v) is 2.95. The third-order valence-electron chi connectivity index (χ3n) is 3.33. The molecule has 102 valence electrons. The summed E-state index contributed by atoms with van der Waals surface area (Å²) in [6.07, 6.45) is 1.98. The van der Waals surface area contributed by atoms with E-state index in [1.807, 2.05) is 23.7 Å². The van der Waals surface area contributed by atoms with Crippen LogP contribution < -0.4 is 0 Å². The normalized spacial score (nSPS) is 10.9. The molecule has 1 aromatic carbocycles. The summed E-state index contributed by atoms with van der Waals surface area (Å²) in [4.78, 5) is 20.8. The predicted octanol–water partition coefficient (Wildman–Crippen LogP) is 3.27. The van der Waals surface area contributed by atoms with Crippen LogP contribution >= 0.6 is 11.3 Å². The van der Waals surface area contributed by atoms with E-state index in [2.05, 4.69) is 22.1 Å². The summed E-state index contributed by atoms with van der Waals surface area (Å²) < 4.78 is 0. The molecule has 20 heavy (non-hydrogen) atoms. The van der Waals surface area contributed by atoms with Crippen LogP contribution in [0.1, 0.15) is 11.9 Å². The minimum Gasteiger partial charge on any atom is -0.360 e. The molecule has 4 nitrogen and oxygen atoms in total. The first kappa shape index (κ1) is 12.9. The maximum Gasteiger partial charge on any atom is 0.219 e. The number of aromatic nitrogens is 2. The number of carbonyl (C=O) groups is 1. The van der Waals surface area contributed by atoms with Gasteiger partial charge in [0.05, 0.1) is 12.2 Å². The minimum absolute atomic E-state index is 0.0499. The number of H-pyrrole nitrogens is 1. The van der Waals surface area contributed by atoms with Crippen LogP contribution in [0, 0.1) is 0 Å². The van der Waals surface area contributed by atoms with Crippen molar-refractivity contribution in [2.75, 3.05) is 7.05 Å². The molecule has 0 atom stereocenters. The molecule has 0 aliphatic rings. The summed E-state index contributed by atoms with van der Waals surface area (Å²) in [6, 6.07) is 8.17. The van der Waals surface area contributed by atoms with Crippen molar-refractivity contribution in [3.8, 4) is 11.3 Å². The molecular formula is C15H15N3OS. The van der Waals surface area contributed by atoms with Crippen molar-refractivity contribution in [2.45, 2.75) is 13.5 Å². The van der Waals surface area contributed by atoms with Crippen LogP contribution in [-0.2, 0) is 11.3 Å². The summed E-state index contributed by atoms with van der Waals surface area (Å²) in [5.41, 5.74) is 3.17. The van der Waals surface area contributed by atoms with Gasteiger partial charge in [-0.25, -0.2) is 4.98 Å². The Kier molecular flexibility index (Phi) is 3.28. The lowest BCUT2D eigenvalue weighted by Crippen LogP contribution is -2.22. The van der Waals surface area contributed by atoms with Crippen LogP contribution in [0.15, 0.2) is 35.8 Å². The Morgan fingerprint density at radius 1 is 1.40 bits per heavy atom. The van der Waals surface area contributed by atoms with Crippen molar-refractivity contribution in [2.24, 2.45) is 0 Å². The molecule has 1 N–H and O–H groups in total. The van der Waals surface area contributed by atoms with Crippen molar-refractivity contribution in [1.29, 1.82) is 0 Å². The quantitative estimate of drug-likeness (QED) is 0.803. The van der Waals surface area contributed by atoms with Gasteiger partial charge < -0.3 is 9.88 Å². The SMILES string of the molecule is CC(=O)N(C)Cc1nc(-c2c[nH]c3ccccc23)cs1. The molecule has 2 heterocycles. The average molecular weight is 285 g/mol. The van der Waals surface area contributed by atoms with Crippen molar-refractivity contribution < 1.29 is 4.79 Å². The molecule has 2 aromatic heterocycles. The van der Waals surface area contributed by atoms with E-state index in [1.165, 1.54) is 5.39 Å². The van der Waals surface area contributed by atoms with Gasteiger partial charge in [0.15, 0.2) is 0 Å². The van der Waals surface area contributed by atoms with E-state index in [4.69, 9.17) is 0 Å². The van der Waals surface area contributed by atoms with Gasteiger partial charge in [0.2, 0.25) is 5.91 Å². The zero-order valence-electron chi connectivity index (χ0n) is 11.4. The average Bonchev–Trinajstić information content (AvgIpc) is 3.04. The summed E-state index contributed by atoms with van der Waals surface area (Å²) in [7, 11) is 1.79. The molecule has 0 spiro atoms. The van der Waals surface area contributed by atoms with Gasteiger partial charge in [0.25, 0.3) is 0 Å². The van der Waals surface area contributed by atoms with Gasteiger partial charge in [0.1, 0.15) is 5.01 Å². The maximum atomic E-state index is 11.3. The Hall–Kier alpha value is -2.14. The Labute approximate surface area is 121 Å². The summed E-state index contributed by atoms with van der Waals surface area (Å²) in [5, 5.41) is 4.16. The number of nitrogens with zero attached hydrogens (tertiary/aromatic N) is 2. The summed E-state index contributed by atoms with van der Waals surface area (Å²) >= 11 is 1.58. The molecule has 0 unspecified atom stereocenters. The van der Waals surface area contributed by atoms with Gasteiger partial charge in [-0.1, -0.05) is 18.2 Å². The first-order valence-corrected chi connectivity index (χ1v) is 7.25. The monoisotopic (exact) mass is 285 g/mol. The highest BCUT2D eigenvalue weighted by Gasteiger charge is 2.11. The molecule has 0 saturated carbocycles. The Balaban J connectivity index is 1.92. The highest BCUT2D eigenvalue weighted by Crippen LogP contribution is 2.29. The van der Waals surface area contributed by atoms with Gasteiger partial charge >= 0.3 is 0 Å². The van der Waals surface area contributed by atoms with Gasteiger partial charge in [-0.15, -0.1) is 11.3 Å². The van der Waals surface area contributed by atoms with Crippen LogP contribution in [0.25, 0.3) is 22.2 Å². The van der Waals surface area contributed by atoms with Gasteiger partial charge in [0, 0.05) is 42.0 Å². The molecule has 5 heteroatoms. The second-order valence-corrected chi connectivity index (χ2v) is 5.69. The van der Waals surface area contributed by atoms with Gasteiger partial charge in [-0.3, -0.25) is 4.79 Å². The number of fused-ring (bicyclic) bond motifs is 1. The van der Waals surface area contributed by atoms with Crippen LogP contribution in [0.4, 0.5) is 0 Å². The molecular weight excluding hydrogens is 270 g/mol. The second kappa shape index (κ2) is 5.09. The lowest BCUT2D eigenvalue weighted by Gasteiger charge is -2.11. The molecule has 0 saturated heterocycles. The Morgan fingerprint density at radius 2 is 2.20 bits per heavy atom. The van der Waals surface area contributed by atoms with Gasteiger partial charge in [-0.2, -0.15) is 0 Å². The van der Waals surface area contributed by atoms with Crippen LogP contribution in [0.2, 0.25) is 0 Å². The van der Waals surface area contributed by atoms with Crippen LogP contribution in [-0.4, -0.2) is 27.8 Å². The largest absolute Gasteiger partial charge is 0.360 e. The van der Waals surface area contributed by atoms with Crippen LogP contribution in [0.5, 0.6) is 0 Å². The number of hydrogen-bond donors (Lipinski definition) is 1. The van der Waals surface area contributed by atoms with Crippen LogP contribution in [0.3, 0.4) is 0 Å². The third-order valence-corrected chi connectivity index (χ3v) is 4.16. The fraction of sp³-hybridized carbons (Fsp3) is 0.200. The number of aromatic amines is 1. The number of rotatable bonds is 3. The van der Waals surface area contributed by atoms with E-state index < -0.39 is 0 Å². The zero-order chi connectivity index (χ0) is 14.1. The molecule has 0 radical (unpaired) electrons. The first-order valence-electron chi connectivity index (χ1n) is 6.38. The lowest BCUT2D eigenvalue weighted by molar-refractivity contribution is -0.128. The number of thiazole rings is 1. The van der Waals surface area contributed by atoms with E-state index in [0.717, 1.165) is 21.8 Å². The first-order chi connectivity index (χ1) is 9.65. The summed E-state index contributed by atoms with van der Waals surface area (Å²) in [6.45, 7) is 2.12. The molecule has 0 aliphatic heterocycles. The molecule has 0 aliphatic carbocycles. The molecule has 0 bridgehead atoms. The molecule has 3 rings (SSSR count). The fourth-order valence-electron chi connectivity index (χ4n) is 2.10. The second-order valence-electron chi connectivity index (χ2n) is 4.75. The number of nitrogens with one attached hydrogen (secondary N) is 1. The molecule has 1 amide bonds. The summed E-state index contributed by atoms with van der Waals surface area (Å²) in [5.74, 6) is 0.0499. The molecule has 0 fully saturated rings. The topological polar surface area (TPSA) is 49.0 Å². The predicted molar refractivity (Wildman–Crippen MR) is 81.6 cm³/mol. The number of hydrogen-bond acceptors (Lipinski definition) is 3. The van der Waals surface area contributed by atoms with Gasteiger partial charge in [-0.05, 0) is 6.07 Å². The van der Waals surface area contributed by atoms with Crippen molar-refractivity contribution >= 4 is 28.1 Å². The highest BCUT2D eigenvalue weighted by atomic mass is 32.1. The Bertz CT molecular complexity index is 759. The standard InChI is InChI=1S/C15H15N3OS/c1-10(19)18(2)8-15-17-14(9-20-15)12-7-16-13-6-4-3-5-11(12)13/h3-7,9,16H,8H2,1-2H3. The number of carbonyl (C=O) groups excluding carboxylic acids is 1.